The van der Waals surface area contributed by atoms with E-state index in [9.17, 15) is 4.79 Å². The number of nitrogens with zero attached hydrogens (tertiary/aromatic N) is 1. The smallest absolute Gasteiger partial charge is 0.239 e. The Balaban J connectivity index is 2.40. The summed E-state index contributed by atoms with van der Waals surface area (Å²) in [5, 5.41) is 3.30. The average molecular weight is 275 g/mol. The highest BCUT2D eigenvalue weighted by molar-refractivity contribution is 7.16. The van der Waals surface area contributed by atoms with E-state index >= 15 is 0 Å². The van der Waals surface area contributed by atoms with Crippen molar-refractivity contribution >= 4 is 22.4 Å². The fraction of sp³-hybridized carbons (Fsp3) is 0.286. The minimum Gasteiger partial charge on any atom is -0.322 e. The van der Waals surface area contributed by atoms with Crippen LogP contribution in [0.15, 0.2) is 18.2 Å². The molecule has 2 aromatic rings. The second-order valence-corrected chi connectivity index (χ2v) is 5.70. The van der Waals surface area contributed by atoms with E-state index < -0.39 is 0 Å². The van der Waals surface area contributed by atoms with Crippen molar-refractivity contribution in [2.75, 3.05) is 11.9 Å². The molecule has 0 aliphatic rings. The maximum atomic E-state index is 11.3. The monoisotopic (exact) mass is 275 g/mol. The SMILES string of the molecule is Cc1ccc(C)c(-c2nc(NC(=O)CN)sc2C)c1. The zero-order chi connectivity index (χ0) is 14.0. The lowest BCUT2D eigenvalue weighted by Gasteiger charge is -2.05. The predicted octanol–water partition coefficient (Wildman–Crippen LogP) is 2.63. The molecule has 3 N–H and O–H groups in total. The minimum atomic E-state index is -0.221. The molecule has 0 aliphatic heterocycles. The number of anilines is 1. The number of nitrogens with two attached hydrogens (primary N) is 1. The Labute approximate surface area is 116 Å². The lowest BCUT2D eigenvalue weighted by molar-refractivity contribution is -0.114. The summed E-state index contributed by atoms with van der Waals surface area (Å²) in [6.45, 7) is 6.09. The number of hydrogen-bond donors (Lipinski definition) is 2. The fourth-order valence-electron chi connectivity index (χ4n) is 1.86. The number of nitrogens with one attached hydrogen (secondary N) is 1. The van der Waals surface area contributed by atoms with Crippen molar-refractivity contribution < 1.29 is 4.79 Å². The molecule has 0 saturated heterocycles. The molecule has 0 bridgehead atoms. The van der Waals surface area contributed by atoms with E-state index in [2.05, 4.69) is 42.3 Å². The summed E-state index contributed by atoms with van der Waals surface area (Å²) in [4.78, 5) is 16.9. The van der Waals surface area contributed by atoms with Crippen molar-refractivity contribution in [1.29, 1.82) is 0 Å². The second-order valence-electron chi connectivity index (χ2n) is 4.49. The number of aromatic nitrogens is 1. The molecule has 0 unspecified atom stereocenters. The average Bonchev–Trinajstić information content (AvgIpc) is 2.73. The molecule has 2 rings (SSSR count). The number of aryl methyl sites for hydroxylation is 3. The number of carbonyl (C=O) groups is 1. The summed E-state index contributed by atoms with van der Waals surface area (Å²) in [5.41, 5.74) is 9.70. The topological polar surface area (TPSA) is 68.0 Å². The van der Waals surface area contributed by atoms with Crippen LogP contribution in [0.5, 0.6) is 0 Å². The molecule has 0 spiro atoms. The summed E-state index contributed by atoms with van der Waals surface area (Å²) in [6, 6.07) is 6.28. The van der Waals surface area contributed by atoms with Crippen molar-refractivity contribution in [1.82, 2.24) is 4.98 Å². The molecule has 0 aliphatic carbocycles. The number of carbonyl (C=O) groups excluding carboxylic acids is 1. The van der Waals surface area contributed by atoms with Gasteiger partial charge in [0.25, 0.3) is 0 Å². The molecule has 1 amide bonds. The first kappa shape index (κ1) is 13.7. The fourth-order valence-corrected chi connectivity index (χ4v) is 2.71. The summed E-state index contributed by atoms with van der Waals surface area (Å²) < 4.78 is 0. The molecule has 100 valence electrons. The van der Waals surface area contributed by atoms with Crippen LogP contribution in [0.4, 0.5) is 5.13 Å². The molecule has 0 radical (unpaired) electrons. The van der Waals surface area contributed by atoms with Crippen molar-refractivity contribution in [3.8, 4) is 11.3 Å². The van der Waals surface area contributed by atoms with E-state index in [1.165, 1.54) is 22.5 Å². The Morgan fingerprint density at radius 3 is 2.79 bits per heavy atom. The number of rotatable bonds is 3. The van der Waals surface area contributed by atoms with Gasteiger partial charge in [-0.05, 0) is 32.4 Å². The van der Waals surface area contributed by atoms with Crippen LogP contribution in [0.2, 0.25) is 0 Å². The maximum Gasteiger partial charge on any atom is 0.239 e. The van der Waals surface area contributed by atoms with Gasteiger partial charge in [-0.2, -0.15) is 0 Å². The van der Waals surface area contributed by atoms with Crippen LogP contribution in [0.3, 0.4) is 0 Å². The first-order chi connectivity index (χ1) is 9.01. The number of hydrogen-bond acceptors (Lipinski definition) is 4. The standard InChI is InChI=1S/C14H17N3OS/c1-8-4-5-9(2)11(6-8)13-10(3)19-14(17-13)16-12(18)7-15/h4-6H,7,15H2,1-3H3,(H,16,17,18). The minimum absolute atomic E-state index is 0.0303. The van der Waals surface area contributed by atoms with Gasteiger partial charge in [-0.15, -0.1) is 11.3 Å². The first-order valence-electron chi connectivity index (χ1n) is 6.06. The zero-order valence-corrected chi connectivity index (χ0v) is 12.1. The second kappa shape index (κ2) is 5.50. The van der Waals surface area contributed by atoms with Gasteiger partial charge in [-0.1, -0.05) is 17.7 Å². The lowest BCUT2D eigenvalue weighted by Crippen LogP contribution is -2.21. The molecule has 0 fully saturated rings. The quantitative estimate of drug-likeness (QED) is 0.904. The molecular weight excluding hydrogens is 258 g/mol. The lowest BCUT2D eigenvalue weighted by atomic mass is 10.0. The van der Waals surface area contributed by atoms with E-state index in [4.69, 9.17) is 5.73 Å². The van der Waals surface area contributed by atoms with Crippen molar-refractivity contribution in [3.63, 3.8) is 0 Å². The summed E-state index contributed by atoms with van der Waals surface area (Å²) in [5.74, 6) is -0.221. The van der Waals surface area contributed by atoms with E-state index in [1.807, 2.05) is 6.92 Å². The van der Waals surface area contributed by atoms with Gasteiger partial charge >= 0.3 is 0 Å². The molecule has 5 heteroatoms. The van der Waals surface area contributed by atoms with Crippen molar-refractivity contribution in [3.05, 3.63) is 34.2 Å². The van der Waals surface area contributed by atoms with Gasteiger partial charge in [0.15, 0.2) is 5.13 Å². The third-order valence-electron chi connectivity index (χ3n) is 2.88. The van der Waals surface area contributed by atoms with Gasteiger partial charge in [0, 0.05) is 10.4 Å². The summed E-state index contributed by atoms with van der Waals surface area (Å²) in [7, 11) is 0. The summed E-state index contributed by atoms with van der Waals surface area (Å²) in [6.07, 6.45) is 0. The highest BCUT2D eigenvalue weighted by Gasteiger charge is 2.13. The highest BCUT2D eigenvalue weighted by atomic mass is 32.1. The Hall–Kier alpha value is -1.72. The molecule has 0 saturated carbocycles. The van der Waals surface area contributed by atoms with Crippen LogP contribution in [0, 0.1) is 20.8 Å². The Morgan fingerprint density at radius 2 is 2.11 bits per heavy atom. The van der Waals surface area contributed by atoms with Crippen LogP contribution in [-0.4, -0.2) is 17.4 Å². The molecule has 4 nitrogen and oxygen atoms in total. The predicted molar refractivity (Wildman–Crippen MR) is 79.4 cm³/mol. The van der Waals surface area contributed by atoms with Crippen molar-refractivity contribution in [2.45, 2.75) is 20.8 Å². The molecular formula is C14H17N3OS. The van der Waals surface area contributed by atoms with Gasteiger partial charge in [0.1, 0.15) is 0 Å². The maximum absolute atomic E-state index is 11.3. The van der Waals surface area contributed by atoms with Gasteiger partial charge in [0.05, 0.1) is 12.2 Å². The zero-order valence-electron chi connectivity index (χ0n) is 11.3. The van der Waals surface area contributed by atoms with Gasteiger partial charge in [-0.3, -0.25) is 4.79 Å². The molecule has 1 aromatic carbocycles. The normalized spacial score (nSPS) is 10.5. The largest absolute Gasteiger partial charge is 0.322 e. The Morgan fingerprint density at radius 1 is 1.37 bits per heavy atom. The number of benzene rings is 1. The van der Waals surface area contributed by atoms with E-state index in [1.54, 1.807) is 0 Å². The Bertz CT molecular complexity index is 619. The molecule has 19 heavy (non-hydrogen) atoms. The van der Waals surface area contributed by atoms with Crippen LogP contribution >= 0.6 is 11.3 Å². The number of amides is 1. The third kappa shape index (κ3) is 3.00. The molecule has 1 aromatic heterocycles. The van der Waals surface area contributed by atoms with E-state index in [0.29, 0.717) is 5.13 Å². The van der Waals surface area contributed by atoms with Gasteiger partial charge < -0.3 is 11.1 Å². The highest BCUT2D eigenvalue weighted by Crippen LogP contribution is 2.32. The first-order valence-corrected chi connectivity index (χ1v) is 6.88. The molecule has 1 heterocycles. The Kier molecular flexibility index (Phi) is 3.97. The number of thiazole rings is 1. The van der Waals surface area contributed by atoms with Crippen LogP contribution < -0.4 is 11.1 Å². The van der Waals surface area contributed by atoms with Crippen molar-refractivity contribution in [2.24, 2.45) is 5.73 Å². The van der Waals surface area contributed by atoms with Crippen LogP contribution in [0.1, 0.15) is 16.0 Å². The summed E-state index contributed by atoms with van der Waals surface area (Å²) >= 11 is 1.47. The van der Waals surface area contributed by atoms with Gasteiger partial charge in [-0.25, -0.2) is 4.98 Å². The van der Waals surface area contributed by atoms with E-state index in [-0.39, 0.29) is 12.5 Å². The third-order valence-corrected chi connectivity index (χ3v) is 3.76. The van der Waals surface area contributed by atoms with Gasteiger partial charge in [0.2, 0.25) is 5.91 Å². The van der Waals surface area contributed by atoms with E-state index in [0.717, 1.165) is 16.1 Å². The van der Waals surface area contributed by atoms with Crippen LogP contribution in [0.25, 0.3) is 11.3 Å². The molecule has 0 atom stereocenters. The van der Waals surface area contributed by atoms with Crippen LogP contribution in [-0.2, 0) is 4.79 Å².